The average Bonchev–Trinajstić information content (AvgIpc) is 2.85. The fourth-order valence-corrected chi connectivity index (χ4v) is 4.90. The van der Waals surface area contributed by atoms with E-state index in [-0.39, 0.29) is 10.6 Å². The van der Waals surface area contributed by atoms with E-state index in [0.717, 1.165) is 26.6 Å². The Balaban J connectivity index is 1.57. The minimum atomic E-state index is -4.13. The van der Waals surface area contributed by atoms with E-state index in [1.165, 1.54) is 12.1 Å². The maximum Gasteiger partial charge on any atom is 0.278 e. The van der Waals surface area contributed by atoms with Crippen molar-refractivity contribution >= 4 is 21.6 Å². The van der Waals surface area contributed by atoms with Gasteiger partial charge in [-0.1, -0.05) is 77.9 Å². The number of sulfonamides is 1. The first-order valence-electron chi connectivity index (χ1n) is 10.8. The van der Waals surface area contributed by atoms with Crippen LogP contribution in [0.5, 0.6) is 5.75 Å². The lowest BCUT2D eigenvalue weighted by Crippen LogP contribution is -2.40. The van der Waals surface area contributed by atoms with Crippen LogP contribution >= 0.6 is 0 Å². The molecule has 0 heterocycles. The van der Waals surface area contributed by atoms with Gasteiger partial charge in [0, 0.05) is 0 Å². The second-order valence-electron chi connectivity index (χ2n) is 7.99. The van der Waals surface area contributed by atoms with Crippen molar-refractivity contribution in [2.45, 2.75) is 18.7 Å². The molecule has 0 aliphatic rings. The molecule has 6 heteroatoms. The van der Waals surface area contributed by atoms with Gasteiger partial charge in [-0.15, -0.1) is 0 Å². The molecule has 1 amide bonds. The molecule has 0 unspecified atom stereocenters. The van der Waals surface area contributed by atoms with Crippen LogP contribution in [-0.4, -0.2) is 20.9 Å². The van der Waals surface area contributed by atoms with E-state index in [0.29, 0.717) is 5.75 Å². The molecule has 0 aromatic heterocycles. The van der Waals surface area contributed by atoms with Crippen molar-refractivity contribution in [2.24, 2.45) is 0 Å². The fourth-order valence-electron chi connectivity index (χ4n) is 3.49. The largest absolute Gasteiger partial charge is 0.484 e. The monoisotopic (exact) mass is 471 g/mol. The maximum absolute atomic E-state index is 13.4. The SMILES string of the molecule is Cc1ccc(N(C(=O)COc2ccc(-c3ccccc3)cc2)S(=O)(=O)c2ccc(C)cc2)cc1. The van der Waals surface area contributed by atoms with Gasteiger partial charge in [0.1, 0.15) is 5.75 Å². The topological polar surface area (TPSA) is 63.7 Å². The van der Waals surface area contributed by atoms with Gasteiger partial charge in [-0.2, -0.15) is 4.31 Å². The third-order valence-electron chi connectivity index (χ3n) is 5.38. The number of aryl methyl sites for hydroxylation is 2. The number of amides is 1. The van der Waals surface area contributed by atoms with Crippen LogP contribution in [0.2, 0.25) is 0 Å². The molecular formula is C28H25NO4S. The van der Waals surface area contributed by atoms with E-state index in [2.05, 4.69) is 0 Å². The Labute approximate surface area is 200 Å². The summed E-state index contributed by atoms with van der Waals surface area (Å²) in [7, 11) is -4.13. The highest BCUT2D eigenvalue weighted by atomic mass is 32.2. The van der Waals surface area contributed by atoms with Gasteiger partial charge in [0.05, 0.1) is 10.6 Å². The van der Waals surface area contributed by atoms with Crippen LogP contribution in [0.15, 0.2) is 108 Å². The highest BCUT2D eigenvalue weighted by molar-refractivity contribution is 7.93. The second kappa shape index (κ2) is 9.93. The van der Waals surface area contributed by atoms with Crippen LogP contribution < -0.4 is 9.04 Å². The van der Waals surface area contributed by atoms with Gasteiger partial charge in [0.2, 0.25) is 0 Å². The Morgan fingerprint density at radius 2 is 1.24 bits per heavy atom. The zero-order valence-corrected chi connectivity index (χ0v) is 19.8. The second-order valence-corrected chi connectivity index (χ2v) is 9.78. The number of benzene rings is 4. The van der Waals surface area contributed by atoms with Crippen LogP contribution in [0.3, 0.4) is 0 Å². The highest BCUT2D eigenvalue weighted by Gasteiger charge is 2.31. The molecule has 0 saturated heterocycles. The summed E-state index contributed by atoms with van der Waals surface area (Å²) in [6, 6.07) is 30.4. The van der Waals surface area contributed by atoms with Crippen molar-refractivity contribution in [3.8, 4) is 16.9 Å². The first-order valence-corrected chi connectivity index (χ1v) is 12.3. The van der Waals surface area contributed by atoms with Crippen molar-refractivity contribution in [1.29, 1.82) is 0 Å². The molecule has 4 rings (SSSR count). The predicted octanol–water partition coefficient (Wildman–Crippen LogP) is 5.77. The Bertz CT molecular complexity index is 1360. The third kappa shape index (κ3) is 5.18. The van der Waals surface area contributed by atoms with Gasteiger partial charge in [-0.05, 0) is 61.4 Å². The molecule has 0 aliphatic carbocycles. The smallest absolute Gasteiger partial charge is 0.278 e. The van der Waals surface area contributed by atoms with Gasteiger partial charge in [-0.25, -0.2) is 8.42 Å². The molecule has 0 saturated carbocycles. The van der Waals surface area contributed by atoms with E-state index < -0.39 is 22.5 Å². The summed E-state index contributed by atoms with van der Waals surface area (Å²) in [6.07, 6.45) is 0. The molecular weight excluding hydrogens is 446 g/mol. The molecule has 5 nitrogen and oxygen atoms in total. The van der Waals surface area contributed by atoms with Gasteiger partial charge < -0.3 is 4.74 Å². The molecule has 4 aromatic carbocycles. The standard InChI is InChI=1S/C28H25NO4S/c1-21-8-14-25(15-9-21)29(34(31,32)27-18-10-22(2)11-19-27)28(30)20-33-26-16-12-24(13-17-26)23-6-4-3-5-7-23/h3-19H,20H2,1-2H3. The molecule has 34 heavy (non-hydrogen) atoms. The lowest BCUT2D eigenvalue weighted by Gasteiger charge is -2.23. The summed E-state index contributed by atoms with van der Waals surface area (Å²) in [5, 5.41) is 0. The number of ether oxygens (including phenoxy) is 1. The van der Waals surface area contributed by atoms with Gasteiger partial charge in [0.25, 0.3) is 15.9 Å². The Kier molecular flexibility index (Phi) is 6.80. The first kappa shape index (κ1) is 23.3. The minimum Gasteiger partial charge on any atom is -0.484 e. The van der Waals surface area contributed by atoms with Gasteiger partial charge in [-0.3, -0.25) is 4.79 Å². The Morgan fingerprint density at radius 1 is 0.706 bits per heavy atom. The Morgan fingerprint density at radius 3 is 1.82 bits per heavy atom. The van der Waals surface area contributed by atoms with E-state index in [4.69, 9.17) is 4.74 Å². The van der Waals surface area contributed by atoms with Crippen LogP contribution in [-0.2, 0) is 14.8 Å². The van der Waals surface area contributed by atoms with Crippen LogP contribution in [0.25, 0.3) is 11.1 Å². The molecule has 0 radical (unpaired) electrons. The van der Waals surface area contributed by atoms with E-state index >= 15 is 0 Å². The number of nitrogens with zero attached hydrogens (tertiary/aromatic N) is 1. The lowest BCUT2D eigenvalue weighted by atomic mass is 10.1. The van der Waals surface area contributed by atoms with Crippen LogP contribution in [0, 0.1) is 13.8 Å². The van der Waals surface area contributed by atoms with Gasteiger partial charge >= 0.3 is 0 Å². The first-order chi connectivity index (χ1) is 16.3. The number of rotatable bonds is 7. The summed E-state index contributed by atoms with van der Waals surface area (Å²) in [4.78, 5) is 13.2. The summed E-state index contributed by atoms with van der Waals surface area (Å²) in [5.41, 5.74) is 4.23. The summed E-state index contributed by atoms with van der Waals surface area (Å²) in [6.45, 7) is 3.34. The summed E-state index contributed by atoms with van der Waals surface area (Å²) < 4.78 is 33.4. The van der Waals surface area contributed by atoms with E-state index in [1.54, 1.807) is 48.5 Å². The average molecular weight is 472 g/mol. The lowest BCUT2D eigenvalue weighted by molar-refractivity contribution is -0.119. The maximum atomic E-state index is 13.4. The van der Waals surface area contributed by atoms with E-state index in [1.807, 2.05) is 56.3 Å². The molecule has 0 aliphatic heterocycles. The van der Waals surface area contributed by atoms with Crippen molar-refractivity contribution < 1.29 is 17.9 Å². The molecule has 4 aromatic rings. The van der Waals surface area contributed by atoms with E-state index in [9.17, 15) is 13.2 Å². The number of carbonyl (C=O) groups excluding carboxylic acids is 1. The zero-order chi connectivity index (χ0) is 24.1. The van der Waals surface area contributed by atoms with Crippen molar-refractivity contribution in [1.82, 2.24) is 0 Å². The van der Waals surface area contributed by atoms with Crippen molar-refractivity contribution in [3.05, 3.63) is 114 Å². The molecule has 0 bridgehead atoms. The summed E-state index contributed by atoms with van der Waals surface area (Å²) in [5.74, 6) is -0.207. The minimum absolute atomic E-state index is 0.0410. The molecule has 0 N–H and O–H groups in total. The molecule has 0 spiro atoms. The molecule has 172 valence electrons. The molecule has 0 fully saturated rings. The van der Waals surface area contributed by atoms with Gasteiger partial charge in [0.15, 0.2) is 6.61 Å². The normalized spacial score (nSPS) is 11.1. The van der Waals surface area contributed by atoms with Crippen LogP contribution in [0.1, 0.15) is 11.1 Å². The number of hydrogen-bond acceptors (Lipinski definition) is 4. The number of anilines is 1. The Hall–Kier alpha value is -3.90. The fraction of sp³-hybridized carbons (Fsp3) is 0.107. The highest BCUT2D eigenvalue weighted by Crippen LogP contribution is 2.26. The van der Waals surface area contributed by atoms with Crippen molar-refractivity contribution in [3.63, 3.8) is 0 Å². The summed E-state index contributed by atoms with van der Waals surface area (Å²) >= 11 is 0. The number of hydrogen-bond donors (Lipinski definition) is 0. The van der Waals surface area contributed by atoms with Crippen molar-refractivity contribution in [2.75, 3.05) is 10.9 Å². The number of carbonyl (C=O) groups is 1. The zero-order valence-electron chi connectivity index (χ0n) is 19.0. The van der Waals surface area contributed by atoms with Crippen LogP contribution in [0.4, 0.5) is 5.69 Å². The quantitative estimate of drug-likeness (QED) is 0.343. The predicted molar refractivity (Wildman–Crippen MR) is 134 cm³/mol. The molecule has 0 atom stereocenters. The third-order valence-corrected chi connectivity index (χ3v) is 7.14.